The molecular weight excluding hydrogens is 308 g/mol. The zero-order chi connectivity index (χ0) is 18.1. The molecule has 0 bridgehead atoms. The maximum absolute atomic E-state index is 12.5. The Balaban J connectivity index is 2.14. The molecule has 0 aliphatic heterocycles. The monoisotopic (exact) mass is 336 g/mol. The second-order valence-electron chi connectivity index (χ2n) is 6.52. The predicted octanol–water partition coefficient (Wildman–Crippen LogP) is 5.78. The summed E-state index contributed by atoms with van der Waals surface area (Å²) in [6.07, 6.45) is 4.18. The van der Waals surface area contributed by atoms with Crippen LogP contribution in [0.2, 0.25) is 0 Å². The fourth-order valence-corrected chi connectivity index (χ4v) is 3.14. The lowest BCUT2D eigenvalue weighted by atomic mass is 9.75. The first kappa shape index (κ1) is 19.0. The Labute approximate surface area is 151 Å². The largest absolute Gasteiger partial charge is 0.461 e. The Hall–Kier alpha value is -2.35. The van der Waals surface area contributed by atoms with E-state index >= 15 is 0 Å². The van der Waals surface area contributed by atoms with Gasteiger partial charge in [-0.05, 0) is 24.0 Å². The fourth-order valence-electron chi connectivity index (χ4n) is 3.14. The van der Waals surface area contributed by atoms with Crippen LogP contribution in [0.15, 0.2) is 67.2 Å². The molecule has 2 rings (SSSR count). The molecule has 0 aliphatic rings. The van der Waals surface area contributed by atoms with Crippen molar-refractivity contribution in [2.75, 3.05) is 6.61 Å². The number of benzene rings is 2. The maximum Gasteiger partial charge on any atom is 0.338 e. The van der Waals surface area contributed by atoms with E-state index in [1.165, 1.54) is 5.56 Å². The Morgan fingerprint density at radius 1 is 1.00 bits per heavy atom. The normalized spacial score (nSPS) is 13.0. The van der Waals surface area contributed by atoms with E-state index in [0.29, 0.717) is 12.2 Å². The predicted molar refractivity (Wildman–Crippen MR) is 104 cm³/mol. The first-order chi connectivity index (χ1) is 12.1. The van der Waals surface area contributed by atoms with Gasteiger partial charge in [0.1, 0.15) is 6.61 Å². The van der Waals surface area contributed by atoms with Gasteiger partial charge in [-0.25, -0.2) is 4.79 Å². The van der Waals surface area contributed by atoms with Gasteiger partial charge in [0.2, 0.25) is 0 Å². The summed E-state index contributed by atoms with van der Waals surface area (Å²) >= 11 is 0. The minimum Gasteiger partial charge on any atom is -0.461 e. The smallest absolute Gasteiger partial charge is 0.338 e. The van der Waals surface area contributed by atoms with Gasteiger partial charge in [0.25, 0.3) is 0 Å². The molecule has 0 N–H and O–H groups in total. The third-order valence-corrected chi connectivity index (χ3v) is 4.92. The molecular formula is C23H28O2. The molecule has 0 saturated heterocycles. The van der Waals surface area contributed by atoms with Crippen molar-refractivity contribution in [3.05, 3.63) is 78.4 Å². The van der Waals surface area contributed by atoms with Gasteiger partial charge in [0.15, 0.2) is 0 Å². The molecule has 1 unspecified atom stereocenters. The molecule has 2 nitrogen and oxygen atoms in total. The molecule has 0 saturated carbocycles. The summed E-state index contributed by atoms with van der Waals surface area (Å²) < 4.78 is 5.73. The highest BCUT2D eigenvalue weighted by Gasteiger charge is 2.31. The molecule has 1 atom stereocenters. The van der Waals surface area contributed by atoms with Crippen LogP contribution < -0.4 is 0 Å². The molecule has 0 radical (unpaired) electrons. The molecule has 132 valence electrons. The minimum absolute atomic E-state index is 0.135. The lowest BCUT2D eigenvalue weighted by molar-refractivity contribution is -0.138. The molecule has 25 heavy (non-hydrogen) atoms. The topological polar surface area (TPSA) is 26.3 Å². The van der Waals surface area contributed by atoms with Crippen molar-refractivity contribution in [1.82, 2.24) is 0 Å². The van der Waals surface area contributed by atoms with Crippen LogP contribution in [0, 0.1) is 0 Å². The van der Waals surface area contributed by atoms with E-state index in [1.54, 1.807) is 0 Å². The van der Waals surface area contributed by atoms with Gasteiger partial charge in [-0.1, -0.05) is 93.9 Å². The van der Waals surface area contributed by atoms with Crippen LogP contribution in [-0.2, 0) is 14.9 Å². The van der Waals surface area contributed by atoms with E-state index in [1.807, 2.05) is 36.4 Å². The van der Waals surface area contributed by atoms with E-state index in [0.717, 1.165) is 31.2 Å². The number of unbranched alkanes of at least 4 members (excludes halogenated alkanes) is 1. The zero-order valence-corrected chi connectivity index (χ0v) is 15.3. The van der Waals surface area contributed by atoms with E-state index in [2.05, 4.69) is 44.7 Å². The SMILES string of the molecule is C=C(C(=O)OCC(CC)(CCCC)c1ccccc1)c1ccccc1. The Kier molecular flexibility index (Phi) is 7.00. The van der Waals surface area contributed by atoms with Gasteiger partial charge in [-0.2, -0.15) is 0 Å². The number of carbonyl (C=O) groups is 1. The summed E-state index contributed by atoms with van der Waals surface area (Å²) in [6, 6.07) is 19.9. The number of hydrogen-bond donors (Lipinski definition) is 0. The summed E-state index contributed by atoms with van der Waals surface area (Å²) in [6.45, 7) is 8.66. The molecule has 0 aliphatic carbocycles. The van der Waals surface area contributed by atoms with Gasteiger partial charge in [0, 0.05) is 5.41 Å². The van der Waals surface area contributed by atoms with Crippen molar-refractivity contribution in [3.63, 3.8) is 0 Å². The van der Waals surface area contributed by atoms with Crippen LogP contribution in [0.4, 0.5) is 0 Å². The van der Waals surface area contributed by atoms with Crippen LogP contribution in [-0.4, -0.2) is 12.6 Å². The highest BCUT2D eigenvalue weighted by atomic mass is 16.5. The van der Waals surface area contributed by atoms with Crippen LogP contribution in [0.25, 0.3) is 5.57 Å². The Bertz CT molecular complexity index is 676. The minimum atomic E-state index is -0.337. The standard InChI is InChI=1S/C23H28O2/c1-4-6-17-23(5-2,21-15-11-8-12-16-21)18-25-22(24)19(3)20-13-9-7-10-14-20/h7-16H,3-6,17-18H2,1-2H3. The summed E-state index contributed by atoms with van der Waals surface area (Å²) in [5.74, 6) is -0.337. The first-order valence-corrected chi connectivity index (χ1v) is 9.10. The third-order valence-electron chi connectivity index (χ3n) is 4.92. The molecule has 2 aromatic rings. The van der Waals surface area contributed by atoms with E-state index in [4.69, 9.17) is 4.74 Å². The molecule has 2 heteroatoms. The fraction of sp³-hybridized carbons (Fsp3) is 0.348. The Morgan fingerprint density at radius 2 is 1.60 bits per heavy atom. The van der Waals surface area contributed by atoms with Gasteiger partial charge in [-0.3, -0.25) is 0 Å². The van der Waals surface area contributed by atoms with Crippen molar-refractivity contribution < 1.29 is 9.53 Å². The molecule has 0 heterocycles. The molecule has 0 spiro atoms. The lowest BCUT2D eigenvalue weighted by Gasteiger charge is -2.33. The molecule has 0 aromatic heterocycles. The molecule has 0 amide bonds. The first-order valence-electron chi connectivity index (χ1n) is 9.10. The summed E-state index contributed by atoms with van der Waals surface area (Å²) in [4.78, 5) is 12.5. The van der Waals surface area contributed by atoms with Crippen molar-refractivity contribution in [2.24, 2.45) is 0 Å². The number of ether oxygens (including phenoxy) is 1. The van der Waals surface area contributed by atoms with E-state index < -0.39 is 0 Å². The summed E-state index contributed by atoms with van der Waals surface area (Å²) in [5.41, 5.74) is 2.32. The zero-order valence-electron chi connectivity index (χ0n) is 15.3. The van der Waals surface area contributed by atoms with E-state index in [-0.39, 0.29) is 11.4 Å². The Morgan fingerprint density at radius 3 is 2.16 bits per heavy atom. The van der Waals surface area contributed by atoms with Gasteiger partial charge in [-0.15, -0.1) is 0 Å². The number of hydrogen-bond acceptors (Lipinski definition) is 2. The second kappa shape index (κ2) is 9.22. The van der Waals surface area contributed by atoms with Crippen LogP contribution in [0.3, 0.4) is 0 Å². The number of carbonyl (C=O) groups excluding carboxylic acids is 1. The van der Waals surface area contributed by atoms with Gasteiger partial charge < -0.3 is 4.74 Å². The van der Waals surface area contributed by atoms with Crippen molar-refractivity contribution >= 4 is 11.5 Å². The number of esters is 1. The lowest BCUT2D eigenvalue weighted by Crippen LogP contribution is -2.32. The number of rotatable bonds is 9. The average Bonchev–Trinajstić information content (AvgIpc) is 2.69. The summed E-state index contributed by atoms with van der Waals surface area (Å²) in [7, 11) is 0. The van der Waals surface area contributed by atoms with Gasteiger partial charge >= 0.3 is 5.97 Å². The van der Waals surface area contributed by atoms with Crippen LogP contribution in [0.5, 0.6) is 0 Å². The molecule has 0 fully saturated rings. The van der Waals surface area contributed by atoms with Crippen molar-refractivity contribution in [3.8, 4) is 0 Å². The highest BCUT2D eigenvalue weighted by molar-refractivity contribution is 6.15. The summed E-state index contributed by atoms with van der Waals surface area (Å²) in [5, 5.41) is 0. The third kappa shape index (κ3) is 4.82. The van der Waals surface area contributed by atoms with Crippen LogP contribution >= 0.6 is 0 Å². The van der Waals surface area contributed by atoms with Crippen molar-refractivity contribution in [2.45, 2.75) is 44.9 Å². The average molecular weight is 336 g/mol. The maximum atomic E-state index is 12.5. The van der Waals surface area contributed by atoms with E-state index in [9.17, 15) is 4.79 Å². The van der Waals surface area contributed by atoms with Crippen LogP contribution in [0.1, 0.15) is 50.7 Å². The van der Waals surface area contributed by atoms with Gasteiger partial charge in [0.05, 0.1) is 5.57 Å². The quantitative estimate of drug-likeness (QED) is 0.428. The molecule has 2 aromatic carbocycles. The highest BCUT2D eigenvalue weighted by Crippen LogP contribution is 2.34. The van der Waals surface area contributed by atoms with Crippen molar-refractivity contribution in [1.29, 1.82) is 0 Å². The second-order valence-corrected chi connectivity index (χ2v) is 6.52.